The van der Waals surface area contributed by atoms with Crippen LogP contribution in [0.4, 0.5) is 0 Å². The highest BCUT2D eigenvalue weighted by Gasteiger charge is 2.27. The number of likely N-dealkylation sites (tertiary alicyclic amines) is 1. The number of sulfonamides is 1. The molecule has 1 amide bonds. The van der Waals surface area contributed by atoms with Gasteiger partial charge in [-0.1, -0.05) is 19.9 Å². The lowest BCUT2D eigenvalue weighted by Gasteiger charge is -2.35. The van der Waals surface area contributed by atoms with Crippen LogP contribution in [-0.4, -0.2) is 50.7 Å². The lowest BCUT2D eigenvalue weighted by Crippen LogP contribution is -2.42. The first-order chi connectivity index (χ1) is 10.2. The Kier molecular flexibility index (Phi) is 4.92. The largest absolute Gasteiger partial charge is 0.338 e. The van der Waals surface area contributed by atoms with E-state index in [0.717, 1.165) is 23.8 Å². The molecule has 1 fully saturated rings. The van der Waals surface area contributed by atoms with Crippen LogP contribution in [-0.2, 0) is 10.0 Å². The molecule has 0 bridgehead atoms. The summed E-state index contributed by atoms with van der Waals surface area (Å²) in [6.07, 6.45) is 1.12. The molecule has 0 saturated carbocycles. The highest BCUT2D eigenvalue weighted by Crippen LogP contribution is 2.23. The second-order valence-electron chi connectivity index (χ2n) is 6.47. The monoisotopic (exact) mass is 324 g/mol. The topological polar surface area (TPSA) is 57.7 Å². The lowest BCUT2D eigenvalue weighted by molar-refractivity contribution is 0.0623. The van der Waals surface area contributed by atoms with Gasteiger partial charge in [0.1, 0.15) is 0 Å². The fraction of sp³-hybridized carbons (Fsp3) is 0.562. The number of nitrogens with zero attached hydrogens (tertiary/aromatic N) is 2. The zero-order valence-corrected chi connectivity index (χ0v) is 14.4. The lowest BCUT2D eigenvalue weighted by atomic mass is 9.91. The van der Waals surface area contributed by atoms with E-state index in [1.54, 1.807) is 12.1 Å². The molecule has 0 aromatic heterocycles. The van der Waals surface area contributed by atoms with Crippen LogP contribution in [0.5, 0.6) is 0 Å². The molecule has 0 spiro atoms. The Hall–Kier alpha value is -1.40. The molecule has 6 heteroatoms. The number of hydrogen-bond acceptors (Lipinski definition) is 3. The first-order valence-electron chi connectivity index (χ1n) is 7.53. The Bertz CT molecular complexity index is 645. The summed E-state index contributed by atoms with van der Waals surface area (Å²) in [4.78, 5) is 14.6. The van der Waals surface area contributed by atoms with E-state index >= 15 is 0 Å². The smallest absolute Gasteiger partial charge is 0.253 e. The highest BCUT2D eigenvalue weighted by molar-refractivity contribution is 7.89. The van der Waals surface area contributed by atoms with E-state index in [4.69, 9.17) is 0 Å². The van der Waals surface area contributed by atoms with Gasteiger partial charge in [0.15, 0.2) is 0 Å². The summed E-state index contributed by atoms with van der Waals surface area (Å²) in [6.45, 7) is 5.74. The Morgan fingerprint density at radius 2 is 1.77 bits per heavy atom. The third-order valence-electron chi connectivity index (χ3n) is 4.02. The van der Waals surface area contributed by atoms with E-state index in [1.165, 1.54) is 26.2 Å². The standard InChI is InChI=1S/C16H24N2O3S/c1-12-8-13(2)11-18(10-12)16(19)14-6-5-7-15(9-14)22(20,21)17(3)4/h5-7,9,12-13H,8,10-11H2,1-4H3/t12-,13-/m1/s1. The Morgan fingerprint density at radius 3 is 2.32 bits per heavy atom. The van der Waals surface area contributed by atoms with Crippen LogP contribution < -0.4 is 0 Å². The molecular formula is C16H24N2O3S. The van der Waals surface area contributed by atoms with Gasteiger partial charge in [-0.25, -0.2) is 12.7 Å². The molecule has 2 rings (SSSR count). The van der Waals surface area contributed by atoms with Gasteiger partial charge in [-0.05, 0) is 36.5 Å². The van der Waals surface area contributed by atoms with Crippen LogP contribution in [0, 0.1) is 11.8 Å². The van der Waals surface area contributed by atoms with Gasteiger partial charge in [0.2, 0.25) is 10.0 Å². The van der Waals surface area contributed by atoms with Gasteiger partial charge in [-0.3, -0.25) is 4.79 Å². The molecule has 1 heterocycles. The molecule has 5 nitrogen and oxygen atoms in total. The predicted octanol–water partition coefficient (Wildman–Crippen LogP) is 2.06. The molecule has 0 aliphatic carbocycles. The van der Waals surface area contributed by atoms with E-state index in [2.05, 4.69) is 13.8 Å². The molecule has 0 unspecified atom stereocenters. The molecule has 22 heavy (non-hydrogen) atoms. The number of amides is 1. The molecule has 2 atom stereocenters. The van der Waals surface area contributed by atoms with Crippen molar-refractivity contribution in [2.24, 2.45) is 11.8 Å². The van der Waals surface area contributed by atoms with Crippen molar-refractivity contribution in [1.82, 2.24) is 9.21 Å². The maximum atomic E-state index is 12.7. The highest BCUT2D eigenvalue weighted by atomic mass is 32.2. The van der Waals surface area contributed by atoms with E-state index in [0.29, 0.717) is 17.4 Å². The van der Waals surface area contributed by atoms with Crippen molar-refractivity contribution in [2.75, 3.05) is 27.2 Å². The molecule has 1 aromatic rings. The van der Waals surface area contributed by atoms with Crippen molar-refractivity contribution in [3.05, 3.63) is 29.8 Å². The molecular weight excluding hydrogens is 300 g/mol. The van der Waals surface area contributed by atoms with Gasteiger partial charge in [0, 0.05) is 32.7 Å². The molecule has 1 saturated heterocycles. The van der Waals surface area contributed by atoms with Gasteiger partial charge in [-0.15, -0.1) is 0 Å². The quantitative estimate of drug-likeness (QED) is 0.855. The van der Waals surface area contributed by atoms with Crippen molar-refractivity contribution >= 4 is 15.9 Å². The van der Waals surface area contributed by atoms with Gasteiger partial charge in [0.05, 0.1) is 4.90 Å². The fourth-order valence-corrected chi connectivity index (χ4v) is 3.96. The number of piperidine rings is 1. The summed E-state index contributed by atoms with van der Waals surface area (Å²) < 4.78 is 25.5. The summed E-state index contributed by atoms with van der Waals surface area (Å²) in [6, 6.07) is 6.30. The van der Waals surface area contributed by atoms with Crippen LogP contribution in [0.25, 0.3) is 0 Å². The molecule has 1 aromatic carbocycles. The van der Waals surface area contributed by atoms with E-state index in [1.807, 2.05) is 4.90 Å². The summed E-state index contributed by atoms with van der Waals surface area (Å²) in [7, 11) is -0.555. The second kappa shape index (κ2) is 6.38. The van der Waals surface area contributed by atoms with E-state index < -0.39 is 10.0 Å². The normalized spacial score (nSPS) is 22.9. The Morgan fingerprint density at radius 1 is 1.18 bits per heavy atom. The van der Waals surface area contributed by atoms with Crippen LogP contribution in [0.2, 0.25) is 0 Å². The van der Waals surface area contributed by atoms with Gasteiger partial charge in [-0.2, -0.15) is 0 Å². The maximum absolute atomic E-state index is 12.7. The van der Waals surface area contributed by atoms with Crippen LogP contribution in [0.1, 0.15) is 30.6 Å². The number of rotatable bonds is 3. The number of benzene rings is 1. The van der Waals surface area contributed by atoms with Crippen molar-refractivity contribution < 1.29 is 13.2 Å². The molecule has 122 valence electrons. The maximum Gasteiger partial charge on any atom is 0.253 e. The first kappa shape index (κ1) is 17.0. The van der Waals surface area contributed by atoms with Crippen molar-refractivity contribution in [3.63, 3.8) is 0 Å². The third-order valence-corrected chi connectivity index (χ3v) is 5.83. The van der Waals surface area contributed by atoms with Gasteiger partial charge < -0.3 is 4.90 Å². The van der Waals surface area contributed by atoms with Crippen molar-refractivity contribution in [3.8, 4) is 0 Å². The SMILES string of the molecule is C[C@@H]1C[C@@H](C)CN(C(=O)c2cccc(S(=O)(=O)N(C)C)c2)C1. The molecule has 0 N–H and O–H groups in total. The molecule has 1 aliphatic heterocycles. The average molecular weight is 324 g/mol. The van der Waals surface area contributed by atoms with Crippen molar-refractivity contribution in [1.29, 1.82) is 0 Å². The molecule has 0 radical (unpaired) electrons. The van der Waals surface area contributed by atoms with Crippen LogP contribution in [0.3, 0.4) is 0 Å². The summed E-state index contributed by atoms with van der Waals surface area (Å²) >= 11 is 0. The van der Waals surface area contributed by atoms with Crippen LogP contribution in [0.15, 0.2) is 29.2 Å². The van der Waals surface area contributed by atoms with Crippen molar-refractivity contribution in [2.45, 2.75) is 25.2 Å². The zero-order chi connectivity index (χ0) is 16.5. The second-order valence-corrected chi connectivity index (χ2v) is 8.62. The van der Waals surface area contributed by atoms with Gasteiger partial charge >= 0.3 is 0 Å². The minimum atomic E-state index is -3.52. The Balaban J connectivity index is 2.28. The average Bonchev–Trinajstić information content (AvgIpc) is 2.45. The summed E-state index contributed by atoms with van der Waals surface area (Å²) in [5.41, 5.74) is 0.434. The number of carbonyl (C=O) groups excluding carboxylic acids is 1. The number of carbonyl (C=O) groups is 1. The Labute approximate surface area is 133 Å². The third kappa shape index (κ3) is 3.50. The number of hydrogen-bond donors (Lipinski definition) is 0. The molecule has 1 aliphatic rings. The van der Waals surface area contributed by atoms with Crippen LogP contribution >= 0.6 is 0 Å². The predicted molar refractivity (Wildman–Crippen MR) is 86.2 cm³/mol. The minimum Gasteiger partial charge on any atom is -0.338 e. The summed E-state index contributed by atoms with van der Waals surface area (Å²) in [5.74, 6) is 0.858. The van der Waals surface area contributed by atoms with E-state index in [9.17, 15) is 13.2 Å². The summed E-state index contributed by atoms with van der Waals surface area (Å²) in [5, 5.41) is 0. The van der Waals surface area contributed by atoms with Gasteiger partial charge in [0.25, 0.3) is 5.91 Å². The minimum absolute atomic E-state index is 0.0887. The van der Waals surface area contributed by atoms with E-state index in [-0.39, 0.29) is 10.8 Å². The fourth-order valence-electron chi connectivity index (χ4n) is 3.01. The zero-order valence-electron chi connectivity index (χ0n) is 13.6. The first-order valence-corrected chi connectivity index (χ1v) is 8.97.